The van der Waals surface area contributed by atoms with Gasteiger partial charge in [-0.25, -0.2) is 18.4 Å². The summed E-state index contributed by atoms with van der Waals surface area (Å²) in [7, 11) is -4.04. The normalized spacial score (nSPS) is 11.2. The fraction of sp³-hybridized carbons (Fsp3) is 0.0870. The van der Waals surface area contributed by atoms with Gasteiger partial charge < -0.3 is 15.5 Å². The number of aromatic nitrogens is 2. The predicted octanol–water partition coefficient (Wildman–Crippen LogP) is 3.29. The van der Waals surface area contributed by atoms with Crippen molar-refractivity contribution in [2.24, 2.45) is 0 Å². The van der Waals surface area contributed by atoms with Crippen molar-refractivity contribution in [3.63, 3.8) is 0 Å². The lowest BCUT2D eigenvalue weighted by molar-refractivity contribution is 0.299. The van der Waals surface area contributed by atoms with Crippen LogP contribution in [-0.4, -0.2) is 35.2 Å². The van der Waals surface area contributed by atoms with Gasteiger partial charge in [-0.15, -0.1) is 0 Å². The number of aromatic hydroxyl groups is 1. The molecule has 0 saturated carbocycles. The van der Waals surface area contributed by atoms with Gasteiger partial charge in [-0.2, -0.15) is 5.26 Å². The van der Waals surface area contributed by atoms with Gasteiger partial charge in [0.25, 0.3) is 10.0 Å². The number of phenolic OH excluding ortho intramolecular Hbond substituents is 1. The van der Waals surface area contributed by atoms with Crippen LogP contribution in [0.2, 0.25) is 0 Å². The number of para-hydroxylation sites is 2. The number of benzene rings is 3. The van der Waals surface area contributed by atoms with Crippen molar-refractivity contribution in [2.75, 3.05) is 16.6 Å². The first kappa shape index (κ1) is 22.0. The molecule has 0 aliphatic rings. The van der Waals surface area contributed by atoms with E-state index in [9.17, 15) is 18.6 Å². The van der Waals surface area contributed by atoms with Crippen LogP contribution >= 0.6 is 0 Å². The molecule has 0 saturated heterocycles. The number of aliphatic hydroxyl groups excluding tert-OH is 1. The van der Waals surface area contributed by atoms with E-state index in [0.29, 0.717) is 34.3 Å². The molecule has 33 heavy (non-hydrogen) atoms. The van der Waals surface area contributed by atoms with Gasteiger partial charge in [-0.1, -0.05) is 18.2 Å². The highest BCUT2D eigenvalue weighted by atomic mass is 32.2. The van der Waals surface area contributed by atoms with Crippen molar-refractivity contribution in [1.82, 2.24) is 9.97 Å². The summed E-state index contributed by atoms with van der Waals surface area (Å²) < 4.78 is 28.5. The Hall–Kier alpha value is -4.20. The molecule has 0 aliphatic carbocycles. The van der Waals surface area contributed by atoms with Gasteiger partial charge in [0, 0.05) is 18.4 Å². The van der Waals surface area contributed by atoms with Crippen molar-refractivity contribution < 1.29 is 18.6 Å². The first-order chi connectivity index (χ1) is 15.9. The molecule has 10 heteroatoms. The van der Waals surface area contributed by atoms with Gasteiger partial charge >= 0.3 is 0 Å². The maximum atomic E-state index is 13.0. The Labute approximate surface area is 190 Å². The highest BCUT2D eigenvalue weighted by Gasteiger charge is 2.20. The second-order valence-corrected chi connectivity index (χ2v) is 8.77. The van der Waals surface area contributed by atoms with Crippen LogP contribution in [0, 0.1) is 11.3 Å². The molecule has 0 spiro atoms. The van der Waals surface area contributed by atoms with Crippen LogP contribution < -0.4 is 10.0 Å². The lowest BCUT2D eigenvalue weighted by Crippen LogP contribution is -2.16. The van der Waals surface area contributed by atoms with E-state index in [0.717, 1.165) is 0 Å². The number of nitriles is 1. The minimum atomic E-state index is -4.04. The Morgan fingerprint density at radius 3 is 2.24 bits per heavy atom. The lowest BCUT2D eigenvalue weighted by Gasteiger charge is -2.16. The number of nitrogens with zero attached hydrogens (tertiary/aromatic N) is 3. The summed E-state index contributed by atoms with van der Waals surface area (Å²) in [5.41, 5.74) is 2.50. The quantitative estimate of drug-likeness (QED) is 0.328. The van der Waals surface area contributed by atoms with Crippen LogP contribution in [-0.2, 0) is 16.4 Å². The fourth-order valence-electron chi connectivity index (χ4n) is 3.20. The third-order valence-corrected chi connectivity index (χ3v) is 6.18. The number of hydrogen-bond donors (Lipinski definition) is 4. The Balaban J connectivity index is 1.79. The Morgan fingerprint density at radius 2 is 1.61 bits per heavy atom. The van der Waals surface area contributed by atoms with Crippen LogP contribution in [0.15, 0.2) is 71.6 Å². The van der Waals surface area contributed by atoms with Gasteiger partial charge in [0.2, 0.25) is 0 Å². The fourth-order valence-corrected chi connectivity index (χ4v) is 4.21. The van der Waals surface area contributed by atoms with Gasteiger partial charge in [-0.3, -0.25) is 4.72 Å². The Morgan fingerprint density at radius 1 is 0.939 bits per heavy atom. The number of anilines is 3. The minimum Gasteiger partial charge on any atom is -0.508 e. The third-order valence-electron chi connectivity index (χ3n) is 4.82. The largest absolute Gasteiger partial charge is 0.508 e. The summed E-state index contributed by atoms with van der Waals surface area (Å²) >= 11 is 0. The van der Waals surface area contributed by atoms with Gasteiger partial charge in [0.15, 0.2) is 11.6 Å². The number of fused-ring (bicyclic) bond motifs is 1. The molecule has 0 unspecified atom stereocenters. The SMILES string of the molecule is N#Cc1ccc(S(=O)(=O)Nc2nc3ccccc3nc2Nc2cc(O)ccc2CCO)cc1. The van der Waals surface area contributed by atoms with Crippen LogP contribution in [0.4, 0.5) is 17.3 Å². The summed E-state index contributed by atoms with van der Waals surface area (Å²) in [6.07, 6.45) is 0.315. The number of aliphatic hydroxyl groups is 1. The molecule has 3 aromatic carbocycles. The van der Waals surface area contributed by atoms with E-state index in [1.807, 2.05) is 6.07 Å². The van der Waals surface area contributed by atoms with E-state index < -0.39 is 10.0 Å². The monoisotopic (exact) mass is 461 g/mol. The first-order valence-electron chi connectivity index (χ1n) is 9.89. The average molecular weight is 462 g/mol. The summed E-state index contributed by atoms with van der Waals surface area (Å²) in [5, 5.41) is 31.3. The van der Waals surface area contributed by atoms with Crippen molar-refractivity contribution in [3.05, 3.63) is 77.9 Å². The van der Waals surface area contributed by atoms with E-state index in [4.69, 9.17) is 5.26 Å². The Bertz CT molecular complexity index is 1460. The zero-order chi connectivity index (χ0) is 23.4. The molecule has 0 bridgehead atoms. The molecule has 166 valence electrons. The summed E-state index contributed by atoms with van der Waals surface area (Å²) in [6.45, 7) is -0.110. The minimum absolute atomic E-state index is 0.00680. The standard InChI is InChI=1S/C23H19N5O4S/c24-14-15-5-9-18(10-6-15)33(31,32)28-23-22(25-19-3-1-2-4-20(19)26-23)27-21-13-17(30)8-7-16(21)11-12-29/h1-10,13,29-30H,11-12H2,(H,25,27)(H,26,28). The highest BCUT2D eigenvalue weighted by Crippen LogP contribution is 2.30. The van der Waals surface area contributed by atoms with E-state index in [2.05, 4.69) is 20.0 Å². The number of hydrogen-bond acceptors (Lipinski definition) is 8. The van der Waals surface area contributed by atoms with Crippen LogP contribution in [0.5, 0.6) is 5.75 Å². The summed E-state index contributed by atoms with van der Waals surface area (Å²) in [4.78, 5) is 8.91. The zero-order valence-electron chi connectivity index (χ0n) is 17.2. The molecule has 0 atom stereocenters. The van der Waals surface area contributed by atoms with Crippen LogP contribution in [0.3, 0.4) is 0 Å². The summed E-state index contributed by atoms with van der Waals surface area (Å²) in [6, 6.07) is 19.0. The number of phenols is 1. The van der Waals surface area contributed by atoms with Crippen molar-refractivity contribution >= 4 is 38.4 Å². The van der Waals surface area contributed by atoms with Crippen LogP contribution in [0.25, 0.3) is 11.0 Å². The van der Waals surface area contributed by atoms with E-state index in [1.165, 1.54) is 36.4 Å². The van der Waals surface area contributed by atoms with Gasteiger partial charge in [0.05, 0.1) is 27.6 Å². The molecule has 0 fully saturated rings. The molecule has 0 aliphatic heterocycles. The van der Waals surface area contributed by atoms with Gasteiger partial charge in [-0.05, 0) is 54.4 Å². The summed E-state index contributed by atoms with van der Waals surface area (Å²) in [5.74, 6) is 0.0692. The number of nitrogens with one attached hydrogen (secondary N) is 2. The number of rotatable bonds is 7. The van der Waals surface area contributed by atoms with E-state index >= 15 is 0 Å². The van der Waals surface area contributed by atoms with Crippen molar-refractivity contribution in [1.29, 1.82) is 5.26 Å². The second kappa shape index (κ2) is 9.12. The maximum Gasteiger partial charge on any atom is 0.263 e. The molecule has 1 heterocycles. The van der Waals surface area contributed by atoms with Crippen molar-refractivity contribution in [2.45, 2.75) is 11.3 Å². The molecular weight excluding hydrogens is 442 g/mol. The molecular formula is C23H19N5O4S. The zero-order valence-corrected chi connectivity index (χ0v) is 18.0. The molecule has 0 radical (unpaired) electrons. The van der Waals surface area contributed by atoms with Crippen molar-refractivity contribution in [3.8, 4) is 11.8 Å². The number of sulfonamides is 1. The highest BCUT2D eigenvalue weighted by molar-refractivity contribution is 7.92. The third kappa shape index (κ3) is 4.85. The lowest BCUT2D eigenvalue weighted by atomic mass is 10.1. The topological polar surface area (TPSA) is 148 Å². The smallest absolute Gasteiger partial charge is 0.263 e. The molecule has 9 nitrogen and oxygen atoms in total. The van der Waals surface area contributed by atoms with E-state index in [-0.39, 0.29) is 28.9 Å². The first-order valence-corrected chi connectivity index (χ1v) is 11.4. The predicted molar refractivity (Wildman–Crippen MR) is 124 cm³/mol. The molecule has 4 rings (SSSR count). The maximum absolute atomic E-state index is 13.0. The van der Waals surface area contributed by atoms with Crippen LogP contribution in [0.1, 0.15) is 11.1 Å². The molecule has 4 N–H and O–H groups in total. The molecule has 1 aromatic heterocycles. The second-order valence-electron chi connectivity index (χ2n) is 7.09. The van der Waals surface area contributed by atoms with E-state index in [1.54, 1.807) is 30.3 Å². The van der Waals surface area contributed by atoms with Gasteiger partial charge in [0.1, 0.15) is 5.75 Å². The molecule has 0 amide bonds. The Kier molecular flexibility index (Phi) is 6.08. The molecule has 4 aromatic rings. The average Bonchev–Trinajstić information content (AvgIpc) is 2.81.